The van der Waals surface area contributed by atoms with Gasteiger partial charge in [-0.1, -0.05) is 24.1 Å². The van der Waals surface area contributed by atoms with Crippen molar-refractivity contribution in [2.75, 3.05) is 0 Å². The van der Waals surface area contributed by atoms with Crippen molar-refractivity contribution in [1.29, 1.82) is 0 Å². The molecule has 1 aromatic carbocycles. The van der Waals surface area contributed by atoms with Gasteiger partial charge in [-0.2, -0.15) is 4.98 Å². The Hall–Kier alpha value is -2.44. The first-order chi connectivity index (χ1) is 13.0. The summed E-state index contributed by atoms with van der Waals surface area (Å²) in [5.74, 6) is 1.99. The number of ether oxygens (including phenoxy) is 1. The first-order valence-corrected chi connectivity index (χ1v) is 9.31. The normalized spacial score (nSPS) is 15.2. The smallest absolute Gasteiger partial charge is 0.258 e. The minimum absolute atomic E-state index is 0. The van der Waals surface area contributed by atoms with E-state index in [-0.39, 0.29) is 12.4 Å². The predicted octanol–water partition coefficient (Wildman–Crippen LogP) is 4.48. The number of nitrogens with two attached hydrogens (primary N) is 1. The van der Waals surface area contributed by atoms with Gasteiger partial charge in [0, 0.05) is 23.5 Å². The lowest BCUT2D eigenvalue weighted by Crippen LogP contribution is -2.34. The summed E-state index contributed by atoms with van der Waals surface area (Å²) in [6.45, 7) is 4.52. The molecule has 6 nitrogen and oxygen atoms in total. The molecule has 0 unspecified atom stereocenters. The van der Waals surface area contributed by atoms with E-state index in [1.54, 1.807) is 6.20 Å². The lowest BCUT2D eigenvalue weighted by molar-refractivity contribution is 0.301. The summed E-state index contributed by atoms with van der Waals surface area (Å²) in [5.41, 5.74) is 9.97. The molecule has 28 heavy (non-hydrogen) atoms. The topological polar surface area (TPSA) is 87.1 Å². The summed E-state index contributed by atoms with van der Waals surface area (Å²) in [7, 11) is 0. The second-order valence-electron chi connectivity index (χ2n) is 7.38. The zero-order chi connectivity index (χ0) is 18.9. The number of aryl methyl sites for hydroxylation is 2. The van der Waals surface area contributed by atoms with Crippen LogP contribution in [-0.2, 0) is 12.1 Å². The van der Waals surface area contributed by atoms with Gasteiger partial charge in [-0.25, -0.2) is 0 Å². The third kappa shape index (κ3) is 4.03. The quantitative estimate of drug-likeness (QED) is 0.679. The largest absolute Gasteiger partial charge is 0.488 e. The van der Waals surface area contributed by atoms with Gasteiger partial charge in [-0.3, -0.25) is 4.98 Å². The molecule has 148 valence electrons. The molecule has 3 aromatic rings. The highest BCUT2D eigenvalue weighted by atomic mass is 35.5. The van der Waals surface area contributed by atoms with E-state index in [2.05, 4.69) is 15.1 Å². The van der Waals surface area contributed by atoms with Gasteiger partial charge in [0.05, 0.1) is 5.54 Å². The van der Waals surface area contributed by atoms with Gasteiger partial charge in [0.2, 0.25) is 0 Å². The summed E-state index contributed by atoms with van der Waals surface area (Å²) in [5, 5.41) is 4.15. The van der Waals surface area contributed by atoms with Gasteiger partial charge in [0.25, 0.3) is 5.89 Å². The van der Waals surface area contributed by atoms with E-state index in [0.717, 1.165) is 53.7 Å². The fourth-order valence-corrected chi connectivity index (χ4v) is 3.71. The van der Waals surface area contributed by atoms with Crippen molar-refractivity contribution >= 4 is 12.4 Å². The van der Waals surface area contributed by atoms with Crippen LogP contribution >= 0.6 is 12.4 Å². The zero-order valence-corrected chi connectivity index (χ0v) is 17.0. The maximum Gasteiger partial charge on any atom is 0.258 e. The van der Waals surface area contributed by atoms with Crippen LogP contribution in [0.1, 0.15) is 48.2 Å². The Labute approximate surface area is 170 Å². The summed E-state index contributed by atoms with van der Waals surface area (Å²) >= 11 is 0. The van der Waals surface area contributed by atoms with Gasteiger partial charge in [-0.05, 0) is 56.0 Å². The van der Waals surface area contributed by atoms with Gasteiger partial charge in [0.15, 0.2) is 5.82 Å². The van der Waals surface area contributed by atoms with E-state index < -0.39 is 5.54 Å². The van der Waals surface area contributed by atoms with E-state index in [4.69, 9.17) is 15.0 Å². The number of nitrogens with zero attached hydrogens (tertiary/aromatic N) is 3. The molecule has 0 aliphatic heterocycles. The fraction of sp³-hybridized carbons (Fsp3) is 0.381. The minimum Gasteiger partial charge on any atom is -0.488 e. The Kier molecular flexibility index (Phi) is 6.01. The number of aromatic nitrogens is 3. The number of pyridine rings is 1. The third-order valence-corrected chi connectivity index (χ3v) is 5.18. The molecule has 0 amide bonds. The van der Waals surface area contributed by atoms with E-state index in [0.29, 0.717) is 18.3 Å². The van der Waals surface area contributed by atoms with Crippen molar-refractivity contribution < 1.29 is 9.26 Å². The predicted molar refractivity (Wildman–Crippen MR) is 109 cm³/mol. The Morgan fingerprint density at radius 2 is 1.89 bits per heavy atom. The molecule has 1 aliphatic rings. The SMILES string of the molecule is Cc1cc(-c2nc(C3(N)CCCC3)no2)cc(C)c1OCc1cccnc1.Cl. The van der Waals surface area contributed by atoms with Crippen LogP contribution in [0.4, 0.5) is 0 Å². The highest BCUT2D eigenvalue weighted by Crippen LogP contribution is 2.36. The molecule has 0 saturated heterocycles. The summed E-state index contributed by atoms with van der Waals surface area (Å²) < 4.78 is 11.5. The van der Waals surface area contributed by atoms with Crippen LogP contribution in [0.5, 0.6) is 5.75 Å². The highest BCUT2D eigenvalue weighted by Gasteiger charge is 2.36. The molecule has 0 atom stereocenters. The van der Waals surface area contributed by atoms with Crippen molar-refractivity contribution in [1.82, 2.24) is 15.1 Å². The summed E-state index contributed by atoms with van der Waals surface area (Å²) in [6, 6.07) is 7.93. The van der Waals surface area contributed by atoms with Crippen LogP contribution in [-0.4, -0.2) is 15.1 Å². The standard InChI is InChI=1S/C21H24N4O2.ClH/c1-14-10-17(19-24-20(25-27-19)21(22)7-3-4-8-21)11-15(2)18(14)26-13-16-6-5-9-23-12-16;/h5-6,9-12H,3-4,7-8,13,22H2,1-2H3;1H. The second-order valence-corrected chi connectivity index (χ2v) is 7.38. The van der Waals surface area contributed by atoms with Crippen LogP contribution in [0.25, 0.3) is 11.5 Å². The number of rotatable bonds is 5. The number of hydrogen-bond donors (Lipinski definition) is 1. The molecule has 1 aliphatic carbocycles. The van der Waals surface area contributed by atoms with Crippen LogP contribution in [0.2, 0.25) is 0 Å². The fourth-order valence-electron chi connectivity index (χ4n) is 3.71. The highest BCUT2D eigenvalue weighted by molar-refractivity contribution is 5.85. The lowest BCUT2D eigenvalue weighted by Gasteiger charge is -2.17. The molecule has 0 bridgehead atoms. The van der Waals surface area contributed by atoms with E-state index in [1.165, 1.54) is 0 Å². The number of halogens is 1. The molecular weight excluding hydrogens is 376 g/mol. The van der Waals surface area contributed by atoms with Crippen LogP contribution < -0.4 is 10.5 Å². The summed E-state index contributed by atoms with van der Waals surface area (Å²) in [4.78, 5) is 8.71. The summed E-state index contributed by atoms with van der Waals surface area (Å²) in [6.07, 6.45) is 7.61. The van der Waals surface area contributed by atoms with Crippen LogP contribution in [0.3, 0.4) is 0 Å². The number of benzene rings is 1. The molecule has 1 fully saturated rings. The molecule has 0 spiro atoms. The average Bonchev–Trinajstić information content (AvgIpc) is 3.32. The Morgan fingerprint density at radius 1 is 1.18 bits per heavy atom. The van der Waals surface area contributed by atoms with E-state index in [9.17, 15) is 0 Å². The minimum atomic E-state index is -0.446. The monoisotopic (exact) mass is 400 g/mol. The van der Waals surface area contributed by atoms with Crippen molar-refractivity contribution in [3.05, 3.63) is 59.2 Å². The maximum atomic E-state index is 6.44. The Morgan fingerprint density at radius 3 is 2.54 bits per heavy atom. The van der Waals surface area contributed by atoms with Gasteiger partial charge in [-0.15, -0.1) is 12.4 Å². The van der Waals surface area contributed by atoms with Gasteiger partial charge >= 0.3 is 0 Å². The van der Waals surface area contributed by atoms with Crippen molar-refractivity contribution in [2.45, 2.75) is 51.7 Å². The molecular formula is C21H25ClN4O2. The Balaban J connectivity index is 0.00000225. The van der Waals surface area contributed by atoms with Crippen LogP contribution in [0, 0.1) is 13.8 Å². The first-order valence-electron chi connectivity index (χ1n) is 9.31. The third-order valence-electron chi connectivity index (χ3n) is 5.18. The van der Waals surface area contributed by atoms with E-state index in [1.807, 2.05) is 44.3 Å². The first kappa shape index (κ1) is 20.3. The van der Waals surface area contributed by atoms with Crippen molar-refractivity contribution in [2.24, 2.45) is 5.73 Å². The van der Waals surface area contributed by atoms with Crippen molar-refractivity contribution in [3.63, 3.8) is 0 Å². The molecule has 4 rings (SSSR count). The Bertz CT molecular complexity index is 914. The van der Waals surface area contributed by atoms with Crippen LogP contribution in [0.15, 0.2) is 41.2 Å². The van der Waals surface area contributed by atoms with Gasteiger partial charge in [0.1, 0.15) is 12.4 Å². The molecule has 0 radical (unpaired) electrons. The molecule has 7 heteroatoms. The number of hydrogen-bond acceptors (Lipinski definition) is 6. The lowest BCUT2D eigenvalue weighted by atomic mass is 9.98. The molecule has 2 N–H and O–H groups in total. The molecule has 2 heterocycles. The average molecular weight is 401 g/mol. The maximum absolute atomic E-state index is 6.44. The zero-order valence-electron chi connectivity index (χ0n) is 16.1. The van der Waals surface area contributed by atoms with E-state index >= 15 is 0 Å². The second kappa shape index (κ2) is 8.29. The van der Waals surface area contributed by atoms with Gasteiger partial charge < -0.3 is 15.0 Å². The molecule has 2 aromatic heterocycles. The molecule has 1 saturated carbocycles. The van der Waals surface area contributed by atoms with Crippen molar-refractivity contribution in [3.8, 4) is 17.2 Å².